The van der Waals surface area contributed by atoms with Gasteiger partial charge in [0, 0.05) is 61.8 Å². The normalized spacial score (nSPS) is 18.1. The minimum atomic E-state index is -0.300. The van der Waals surface area contributed by atoms with Crippen molar-refractivity contribution in [2.45, 2.75) is 32.2 Å². The summed E-state index contributed by atoms with van der Waals surface area (Å²) in [6.45, 7) is 6.13. The third-order valence-electron chi connectivity index (χ3n) is 8.28. The van der Waals surface area contributed by atoms with E-state index in [2.05, 4.69) is 21.6 Å². The molecule has 9 nitrogen and oxygen atoms in total. The topological polar surface area (TPSA) is 108 Å². The highest BCUT2D eigenvalue weighted by atomic mass is 19.1. The minimum Gasteiger partial charge on any atom is -0.401 e. The van der Waals surface area contributed by atoms with Gasteiger partial charge in [0.25, 0.3) is 0 Å². The Bertz CT molecular complexity index is 1570. The van der Waals surface area contributed by atoms with Crippen molar-refractivity contribution in [1.29, 1.82) is 0 Å². The highest BCUT2D eigenvalue weighted by Crippen LogP contribution is 2.39. The Morgan fingerprint density at radius 2 is 1.83 bits per heavy atom. The zero-order valence-electron chi connectivity index (χ0n) is 23.7. The number of allylic oxidation sites excluding steroid dienone is 1. The second-order valence-corrected chi connectivity index (χ2v) is 11.1. The van der Waals surface area contributed by atoms with Gasteiger partial charge in [-0.15, -0.1) is 0 Å². The summed E-state index contributed by atoms with van der Waals surface area (Å²) in [7, 11) is 1.76. The van der Waals surface area contributed by atoms with Crippen molar-refractivity contribution >= 4 is 33.6 Å². The number of nitrogens with zero attached hydrogens (tertiary/aromatic N) is 5. The number of hydrogen-bond donors (Lipinski definition) is 2. The van der Waals surface area contributed by atoms with Crippen LogP contribution >= 0.6 is 0 Å². The first kappa shape index (κ1) is 27.4. The standard InChI is InChI=1S/C31H38FN7O2/c1-20(33)30(37(2)34)22-18-27-29(35-19-22)24-7-8-28(38-11-15-41-16-12-38)36-31(24)39(27)26(17-21-9-13-40-14-10-21)23-5-3-4-6-25(23)32/h3-8,18-19,21,26H,9-17,33-34H2,1-2H3/b30-20-. The summed E-state index contributed by atoms with van der Waals surface area (Å²) in [4.78, 5) is 12.4. The third kappa shape index (κ3) is 5.35. The lowest BCUT2D eigenvalue weighted by Crippen LogP contribution is -2.36. The number of hydrogen-bond acceptors (Lipinski definition) is 8. The summed E-state index contributed by atoms with van der Waals surface area (Å²) in [5, 5.41) is 2.43. The summed E-state index contributed by atoms with van der Waals surface area (Å²) in [6, 6.07) is 13.0. The molecule has 1 unspecified atom stereocenters. The molecule has 0 aliphatic carbocycles. The van der Waals surface area contributed by atoms with E-state index in [-0.39, 0.29) is 11.9 Å². The van der Waals surface area contributed by atoms with Crippen LogP contribution in [0.15, 0.2) is 54.4 Å². The lowest BCUT2D eigenvalue weighted by Gasteiger charge is -2.30. The van der Waals surface area contributed by atoms with Gasteiger partial charge in [-0.25, -0.2) is 15.2 Å². The van der Waals surface area contributed by atoms with E-state index in [0.29, 0.717) is 36.1 Å². The Hall–Kier alpha value is -3.73. The third-order valence-corrected chi connectivity index (χ3v) is 8.28. The van der Waals surface area contributed by atoms with E-state index in [1.54, 1.807) is 25.4 Å². The number of aromatic nitrogens is 3. The molecule has 1 atom stereocenters. The first-order valence-electron chi connectivity index (χ1n) is 14.3. The van der Waals surface area contributed by atoms with Gasteiger partial charge in [-0.05, 0) is 56.4 Å². The number of hydrazine groups is 1. The molecule has 0 radical (unpaired) electrons. The van der Waals surface area contributed by atoms with E-state index in [0.717, 1.165) is 79.0 Å². The number of ether oxygens (including phenoxy) is 2. The Morgan fingerprint density at radius 3 is 2.54 bits per heavy atom. The van der Waals surface area contributed by atoms with Crippen molar-refractivity contribution < 1.29 is 13.9 Å². The number of halogens is 1. The molecule has 5 heterocycles. The van der Waals surface area contributed by atoms with Crippen LogP contribution in [0.1, 0.15) is 43.4 Å². The van der Waals surface area contributed by atoms with Crippen molar-refractivity contribution in [3.8, 4) is 0 Å². The van der Waals surface area contributed by atoms with Gasteiger partial charge < -0.3 is 29.7 Å². The van der Waals surface area contributed by atoms with Crippen LogP contribution in [0.3, 0.4) is 0 Å². The van der Waals surface area contributed by atoms with Crippen LogP contribution in [0.25, 0.3) is 27.8 Å². The van der Waals surface area contributed by atoms with Crippen LogP contribution in [0.4, 0.5) is 10.2 Å². The molecule has 0 amide bonds. The molecule has 2 saturated heterocycles. The molecule has 216 valence electrons. The molecular formula is C31H38FN7O2. The number of fused-ring (bicyclic) bond motifs is 3. The molecule has 6 rings (SSSR count). The zero-order valence-corrected chi connectivity index (χ0v) is 23.7. The maximum atomic E-state index is 15.6. The Morgan fingerprint density at radius 1 is 1.10 bits per heavy atom. The number of rotatable bonds is 7. The molecule has 1 aromatic carbocycles. The lowest BCUT2D eigenvalue weighted by atomic mass is 9.89. The fraction of sp³-hybridized carbons (Fsp3) is 0.419. The summed E-state index contributed by atoms with van der Waals surface area (Å²) in [5.74, 6) is 7.23. The molecule has 0 bridgehead atoms. The van der Waals surface area contributed by atoms with Gasteiger partial charge in [0.2, 0.25) is 0 Å². The van der Waals surface area contributed by atoms with Gasteiger partial charge in [0.1, 0.15) is 17.3 Å². The van der Waals surface area contributed by atoms with Gasteiger partial charge in [0.15, 0.2) is 0 Å². The minimum absolute atomic E-state index is 0.229. The van der Waals surface area contributed by atoms with Crippen LogP contribution < -0.4 is 16.5 Å². The van der Waals surface area contributed by atoms with E-state index < -0.39 is 0 Å². The average molecular weight is 560 g/mol. The smallest absolute Gasteiger partial charge is 0.145 e. The summed E-state index contributed by atoms with van der Waals surface area (Å²) >= 11 is 0. The fourth-order valence-corrected chi connectivity index (χ4v) is 6.30. The molecule has 10 heteroatoms. The number of nitrogens with two attached hydrogens (primary N) is 2. The van der Waals surface area contributed by atoms with Gasteiger partial charge in [0.05, 0.1) is 36.0 Å². The highest BCUT2D eigenvalue weighted by Gasteiger charge is 2.29. The molecular weight excluding hydrogens is 521 g/mol. The van der Waals surface area contributed by atoms with E-state index in [1.165, 1.54) is 5.01 Å². The number of pyridine rings is 2. The van der Waals surface area contributed by atoms with Crippen molar-refractivity contribution in [2.24, 2.45) is 17.5 Å². The monoisotopic (exact) mass is 559 g/mol. The number of anilines is 1. The van der Waals surface area contributed by atoms with Crippen LogP contribution in [-0.2, 0) is 9.47 Å². The first-order chi connectivity index (χ1) is 19.9. The van der Waals surface area contributed by atoms with Crippen LogP contribution in [0, 0.1) is 11.7 Å². The lowest BCUT2D eigenvalue weighted by molar-refractivity contribution is 0.0608. The summed E-state index contributed by atoms with van der Waals surface area (Å²) in [6.07, 6.45) is 4.43. The Labute approximate surface area is 239 Å². The van der Waals surface area contributed by atoms with E-state index in [4.69, 9.17) is 31.0 Å². The van der Waals surface area contributed by atoms with Gasteiger partial charge >= 0.3 is 0 Å². The second-order valence-electron chi connectivity index (χ2n) is 11.1. The van der Waals surface area contributed by atoms with E-state index in [9.17, 15) is 0 Å². The van der Waals surface area contributed by atoms with Crippen LogP contribution in [0.2, 0.25) is 0 Å². The van der Waals surface area contributed by atoms with Crippen LogP contribution in [-0.4, -0.2) is 66.1 Å². The molecule has 41 heavy (non-hydrogen) atoms. The number of morpholine rings is 1. The predicted octanol–water partition coefficient (Wildman–Crippen LogP) is 4.42. The Kier molecular flexibility index (Phi) is 7.79. The van der Waals surface area contributed by atoms with Crippen LogP contribution in [0.5, 0.6) is 0 Å². The molecule has 4 N–H and O–H groups in total. The van der Waals surface area contributed by atoms with E-state index >= 15 is 4.39 Å². The predicted molar refractivity (Wildman–Crippen MR) is 159 cm³/mol. The fourth-order valence-electron chi connectivity index (χ4n) is 6.30. The highest BCUT2D eigenvalue weighted by molar-refractivity contribution is 6.05. The van der Waals surface area contributed by atoms with Crippen molar-refractivity contribution in [1.82, 2.24) is 19.5 Å². The molecule has 2 aliphatic rings. The Balaban J connectivity index is 1.62. The molecule has 4 aromatic rings. The zero-order chi connectivity index (χ0) is 28.5. The van der Waals surface area contributed by atoms with Crippen molar-refractivity contribution in [3.05, 3.63) is 71.3 Å². The molecule has 0 saturated carbocycles. The summed E-state index contributed by atoms with van der Waals surface area (Å²) < 4.78 is 29.1. The molecule has 3 aromatic heterocycles. The average Bonchev–Trinajstić information content (AvgIpc) is 3.30. The largest absolute Gasteiger partial charge is 0.401 e. The maximum Gasteiger partial charge on any atom is 0.145 e. The maximum absolute atomic E-state index is 15.6. The van der Waals surface area contributed by atoms with Gasteiger partial charge in [-0.3, -0.25) is 4.98 Å². The van der Waals surface area contributed by atoms with Gasteiger partial charge in [-0.1, -0.05) is 18.2 Å². The van der Waals surface area contributed by atoms with Crippen molar-refractivity contribution in [3.63, 3.8) is 0 Å². The SMILES string of the molecule is C/C(N)=C(\c1cnc2c3ccc(N4CCOCC4)nc3n(C(CC3CCOCC3)c3ccccc3F)c2c1)N(C)N. The summed E-state index contributed by atoms with van der Waals surface area (Å²) in [5.41, 5.74) is 11.4. The molecule has 0 spiro atoms. The van der Waals surface area contributed by atoms with E-state index in [1.807, 2.05) is 25.1 Å². The van der Waals surface area contributed by atoms with Gasteiger partial charge in [-0.2, -0.15) is 0 Å². The first-order valence-corrected chi connectivity index (χ1v) is 14.3. The molecule has 2 aliphatic heterocycles. The molecule has 2 fully saturated rings. The van der Waals surface area contributed by atoms with Crippen molar-refractivity contribution in [2.75, 3.05) is 51.5 Å². The second kappa shape index (κ2) is 11.6. The quantitative estimate of drug-likeness (QED) is 0.253. The number of benzene rings is 1.